The molecule has 9 nitrogen and oxygen atoms in total. The Kier molecular flexibility index (Phi) is 6.95. The first-order valence-corrected chi connectivity index (χ1v) is 14.3. The molecule has 2 aliphatic rings. The van der Waals surface area contributed by atoms with Gasteiger partial charge in [0.1, 0.15) is 16.5 Å². The number of nitrogens with zero attached hydrogens (tertiary/aromatic N) is 6. The van der Waals surface area contributed by atoms with Crippen LogP contribution in [0.25, 0.3) is 11.5 Å². The summed E-state index contributed by atoms with van der Waals surface area (Å²) < 4.78 is 6.11. The maximum absolute atomic E-state index is 13.9. The fourth-order valence-electron chi connectivity index (χ4n) is 5.32. The van der Waals surface area contributed by atoms with Crippen LogP contribution in [0.4, 0.5) is 5.82 Å². The molecular weight excluding hydrogens is 512 g/mol. The number of thiazole rings is 1. The second-order valence-electron chi connectivity index (χ2n) is 10.3. The molecular formula is C29H30N6O3S. The number of pyridine rings is 1. The molecule has 39 heavy (non-hydrogen) atoms. The molecule has 2 saturated heterocycles. The van der Waals surface area contributed by atoms with E-state index in [9.17, 15) is 9.59 Å². The number of benzene rings is 1. The predicted octanol–water partition coefficient (Wildman–Crippen LogP) is 5.35. The van der Waals surface area contributed by atoms with Gasteiger partial charge in [-0.1, -0.05) is 37.3 Å². The van der Waals surface area contributed by atoms with Crippen molar-refractivity contribution in [2.45, 2.75) is 57.9 Å². The summed E-state index contributed by atoms with van der Waals surface area (Å²) in [7, 11) is 0. The Balaban J connectivity index is 1.32. The van der Waals surface area contributed by atoms with Crippen LogP contribution in [0.3, 0.4) is 0 Å². The molecule has 5 heterocycles. The van der Waals surface area contributed by atoms with Gasteiger partial charge in [-0.2, -0.15) is 0 Å². The van der Waals surface area contributed by atoms with Gasteiger partial charge in [0.05, 0.1) is 6.04 Å². The highest BCUT2D eigenvalue weighted by Crippen LogP contribution is 2.36. The first-order chi connectivity index (χ1) is 19.0. The molecule has 2 aliphatic heterocycles. The van der Waals surface area contributed by atoms with E-state index in [1.807, 2.05) is 42.3 Å². The van der Waals surface area contributed by atoms with Crippen LogP contribution in [0.15, 0.2) is 52.3 Å². The molecule has 0 aliphatic carbocycles. The highest BCUT2D eigenvalue weighted by molar-refractivity contribution is 7.09. The van der Waals surface area contributed by atoms with E-state index in [1.165, 1.54) is 5.56 Å². The molecule has 2 fully saturated rings. The van der Waals surface area contributed by atoms with Crippen LogP contribution in [-0.2, 0) is 11.2 Å². The number of aromatic nitrogens is 4. The molecule has 1 aromatic carbocycles. The fourth-order valence-corrected chi connectivity index (χ4v) is 6.26. The molecule has 10 heteroatoms. The maximum atomic E-state index is 13.9. The van der Waals surface area contributed by atoms with Gasteiger partial charge >= 0.3 is 0 Å². The molecule has 4 aromatic rings. The number of hydrogen-bond acceptors (Lipinski definition) is 8. The lowest BCUT2D eigenvalue weighted by Crippen LogP contribution is -2.32. The van der Waals surface area contributed by atoms with E-state index in [1.54, 1.807) is 28.4 Å². The van der Waals surface area contributed by atoms with Crippen LogP contribution < -0.4 is 4.90 Å². The summed E-state index contributed by atoms with van der Waals surface area (Å²) in [6, 6.07) is 13.6. The van der Waals surface area contributed by atoms with Crippen LogP contribution in [0.2, 0.25) is 0 Å². The summed E-state index contributed by atoms with van der Waals surface area (Å²) in [5.41, 5.74) is 2.99. The topological polar surface area (TPSA) is 105 Å². The quantitative estimate of drug-likeness (QED) is 0.310. The van der Waals surface area contributed by atoms with Crippen molar-refractivity contribution in [1.82, 2.24) is 25.1 Å². The molecule has 3 aromatic heterocycles. The Hall–Kier alpha value is -3.92. The molecule has 2 amide bonds. The highest BCUT2D eigenvalue weighted by atomic mass is 32.1. The summed E-state index contributed by atoms with van der Waals surface area (Å²) in [4.78, 5) is 39.3. The number of aryl methyl sites for hydroxylation is 1. The van der Waals surface area contributed by atoms with E-state index < -0.39 is 0 Å². The minimum atomic E-state index is -0.183. The van der Waals surface area contributed by atoms with Crippen molar-refractivity contribution in [3.63, 3.8) is 0 Å². The summed E-state index contributed by atoms with van der Waals surface area (Å²) >= 11 is 1.58. The molecule has 0 bridgehead atoms. The Morgan fingerprint density at radius 2 is 1.97 bits per heavy atom. The third kappa shape index (κ3) is 5.21. The summed E-state index contributed by atoms with van der Waals surface area (Å²) in [5.74, 6) is 1.11. The molecule has 0 saturated carbocycles. The van der Waals surface area contributed by atoms with Crippen molar-refractivity contribution in [3.05, 3.63) is 75.7 Å². The average Bonchev–Trinajstić information content (AvgIpc) is 3.76. The normalized spacial score (nSPS) is 18.2. The monoisotopic (exact) mass is 542 g/mol. The Morgan fingerprint density at radius 3 is 2.72 bits per heavy atom. The second kappa shape index (κ2) is 10.7. The first-order valence-electron chi connectivity index (χ1n) is 13.4. The van der Waals surface area contributed by atoms with Crippen molar-refractivity contribution < 1.29 is 14.0 Å². The zero-order valence-electron chi connectivity index (χ0n) is 22.0. The van der Waals surface area contributed by atoms with Gasteiger partial charge in [0.15, 0.2) is 0 Å². The van der Waals surface area contributed by atoms with Gasteiger partial charge in [-0.15, -0.1) is 21.5 Å². The number of amides is 2. The maximum Gasteiger partial charge on any atom is 0.273 e. The summed E-state index contributed by atoms with van der Waals surface area (Å²) in [6.07, 6.45) is 3.76. The van der Waals surface area contributed by atoms with Crippen molar-refractivity contribution in [2.24, 2.45) is 0 Å². The third-order valence-electron chi connectivity index (χ3n) is 7.31. The molecule has 0 N–H and O–H groups in total. The minimum Gasteiger partial charge on any atom is -0.420 e. The lowest BCUT2D eigenvalue weighted by Gasteiger charge is -2.24. The van der Waals surface area contributed by atoms with Gasteiger partial charge in [-0.25, -0.2) is 9.97 Å². The lowest BCUT2D eigenvalue weighted by molar-refractivity contribution is -0.117. The van der Waals surface area contributed by atoms with Crippen LogP contribution in [0.1, 0.15) is 77.2 Å². The average molecular weight is 543 g/mol. The molecule has 0 unspecified atom stereocenters. The summed E-state index contributed by atoms with van der Waals surface area (Å²) in [6.45, 7) is 5.21. The Morgan fingerprint density at radius 1 is 1.13 bits per heavy atom. The fraction of sp³-hybridized carbons (Fsp3) is 0.379. The number of anilines is 1. The van der Waals surface area contributed by atoms with Crippen molar-refractivity contribution in [1.29, 1.82) is 0 Å². The molecule has 0 radical (unpaired) electrons. The van der Waals surface area contributed by atoms with Crippen LogP contribution in [-0.4, -0.2) is 50.0 Å². The third-order valence-corrected chi connectivity index (χ3v) is 8.37. The van der Waals surface area contributed by atoms with Crippen LogP contribution in [0.5, 0.6) is 0 Å². The van der Waals surface area contributed by atoms with Gasteiger partial charge < -0.3 is 9.32 Å². The largest absolute Gasteiger partial charge is 0.420 e. The van der Waals surface area contributed by atoms with Gasteiger partial charge in [0.2, 0.25) is 17.7 Å². The number of carbonyl (C=O) groups is 2. The summed E-state index contributed by atoms with van der Waals surface area (Å²) in [5, 5.41) is 11.6. The number of hydrogen-bond donors (Lipinski definition) is 0. The van der Waals surface area contributed by atoms with E-state index in [2.05, 4.69) is 32.3 Å². The van der Waals surface area contributed by atoms with E-state index in [0.717, 1.165) is 36.4 Å². The Labute approximate surface area is 230 Å². The van der Waals surface area contributed by atoms with E-state index in [4.69, 9.17) is 4.42 Å². The number of carbonyl (C=O) groups excluding carboxylic acids is 2. The zero-order valence-corrected chi connectivity index (χ0v) is 22.9. The standard InChI is InChI=1S/C29H30N6O3S/c1-18(14-20-8-4-3-5-9-20)26-32-33-27(38-26)21-15-22(31-24(16-21)35-13-7-11-25(35)36)29(37)34-12-6-10-23(34)28-30-19(2)17-39-28/h3-5,8-9,15-18,23H,6-7,10-14H2,1-2H3/t18-,23+/m0/s1. The highest BCUT2D eigenvalue weighted by Gasteiger charge is 2.34. The molecule has 2 atom stereocenters. The smallest absolute Gasteiger partial charge is 0.273 e. The van der Waals surface area contributed by atoms with Gasteiger partial charge in [-0.05, 0) is 50.3 Å². The van der Waals surface area contributed by atoms with Crippen LogP contribution >= 0.6 is 11.3 Å². The predicted molar refractivity (Wildman–Crippen MR) is 148 cm³/mol. The van der Waals surface area contributed by atoms with Gasteiger partial charge in [-0.3, -0.25) is 14.5 Å². The second-order valence-corrected chi connectivity index (χ2v) is 11.2. The van der Waals surface area contributed by atoms with Crippen molar-refractivity contribution >= 4 is 29.0 Å². The van der Waals surface area contributed by atoms with Crippen molar-refractivity contribution in [2.75, 3.05) is 18.0 Å². The lowest BCUT2D eigenvalue weighted by atomic mass is 10.0. The van der Waals surface area contributed by atoms with Gasteiger partial charge in [0, 0.05) is 42.1 Å². The minimum absolute atomic E-state index is 0.00180. The van der Waals surface area contributed by atoms with E-state index in [0.29, 0.717) is 42.7 Å². The first kappa shape index (κ1) is 25.4. The van der Waals surface area contributed by atoms with Gasteiger partial charge in [0.25, 0.3) is 5.91 Å². The number of likely N-dealkylation sites (tertiary alicyclic amines) is 1. The Bertz CT molecular complexity index is 1500. The van der Waals surface area contributed by atoms with E-state index >= 15 is 0 Å². The molecule has 0 spiro atoms. The van der Waals surface area contributed by atoms with E-state index in [-0.39, 0.29) is 29.5 Å². The number of rotatable bonds is 7. The molecule has 6 rings (SSSR count). The van der Waals surface area contributed by atoms with Crippen molar-refractivity contribution in [3.8, 4) is 11.5 Å². The molecule has 200 valence electrons. The van der Waals surface area contributed by atoms with Crippen LogP contribution in [0, 0.1) is 6.92 Å². The zero-order chi connectivity index (χ0) is 26.9. The SMILES string of the molecule is Cc1csc([C@H]2CCCN2C(=O)c2cc(-c3nnc([C@@H](C)Cc4ccccc4)o3)cc(N3CCCC3=O)n2)n1.